The molecule has 2 aromatic carbocycles. The largest absolute Gasteiger partial charge is 0.358 e. The normalized spacial score (nSPS) is 17.1. The third-order valence-corrected chi connectivity index (χ3v) is 4.67. The Hall–Kier alpha value is -2.81. The van der Waals surface area contributed by atoms with E-state index in [9.17, 15) is 4.79 Å². The van der Waals surface area contributed by atoms with Gasteiger partial charge < -0.3 is 10.3 Å². The molecule has 1 unspecified atom stereocenters. The maximum absolute atomic E-state index is 12.2. The smallest absolute Gasteiger partial charge is 0.244 e. The molecule has 0 saturated carbocycles. The number of fused-ring (bicyclic) bond motifs is 3. The van der Waals surface area contributed by atoms with Gasteiger partial charge in [-0.2, -0.15) is 0 Å². The Kier molecular flexibility index (Phi) is 3.91. The van der Waals surface area contributed by atoms with Gasteiger partial charge in [0.15, 0.2) is 0 Å². The van der Waals surface area contributed by atoms with Crippen LogP contribution in [0.3, 0.4) is 0 Å². The van der Waals surface area contributed by atoms with Crippen LogP contribution in [0, 0.1) is 0 Å². The van der Waals surface area contributed by atoms with Crippen LogP contribution in [0.2, 0.25) is 0 Å². The number of rotatable bonds is 3. The number of carbonyl (C=O) groups is 1. The lowest BCUT2D eigenvalue weighted by Gasteiger charge is -2.23. The number of aromatic nitrogens is 1. The van der Waals surface area contributed by atoms with Crippen molar-refractivity contribution in [3.8, 4) is 0 Å². The summed E-state index contributed by atoms with van der Waals surface area (Å²) in [5.74, 6) is -0.0246. The highest BCUT2D eigenvalue weighted by Gasteiger charge is 2.22. The van der Waals surface area contributed by atoms with Gasteiger partial charge in [-0.1, -0.05) is 48.5 Å². The molecular weight excluding hydrogens is 296 g/mol. The summed E-state index contributed by atoms with van der Waals surface area (Å²) in [5, 5.41) is 4.45. The zero-order valence-electron chi connectivity index (χ0n) is 13.5. The second-order valence-corrected chi connectivity index (χ2v) is 6.32. The van der Waals surface area contributed by atoms with E-state index in [1.54, 1.807) is 6.08 Å². The second-order valence-electron chi connectivity index (χ2n) is 6.32. The van der Waals surface area contributed by atoms with E-state index in [4.69, 9.17) is 0 Å². The molecule has 0 radical (unpaired) electrons. The molecule has 2 N–H and O–H groups in total. The topological polar surface area (TPSA) is 44.9 Å². The fourth-order valence-electron chi connectivity index (χ4n) is 3.49. The van der Waals surface area contributed by atoms with Crippen LogP contribution < -0.4 is 5.32 Å². The lowest BCUT2D eigenvalue weighted by Crippen LogP contribution is -2.37. The van der Waals surface area contributed by atoms with E-state index in [1.165, 1.54) is 22.2 Å². The fourth-order valence-corrected chi connectivity index (χ4v) is 3.49. The zero-order valence-corrected chi connectivity index (χ0v) is 13.5. The van der Waals surface area contributed by atoms with Crippen LogP contribution in [0.15, 0.2) is 60.7 Å². The Balaban J connectivity index is 1.43. The Morgan fingerprint density at radius 2 is 1.88 bits per heavy atom. The van der Waals surface area contributed by atoms with E-state index >= 15 is 0 Å². The van der Waals surface area contributed by atoms with Gasteiger partial charge in [0.1, 0.15) is 0 Å². The molecule has 0 saturated heterocycles. The van der Waals surface area contributed by atoms with E-state index < -0.39 is 0 Å². The van der Waals surface area contributed by atoms with Crippen molar-refractivity contribution in [2.75, 3.05) is 0 Å². The first-order valence-corrected chi connectivity index (χ1v) is 8.42. The highest BCUT2D eigenvalue weighted by molar-refractivity contribution is 5.92. The van der Waals surface area contributed by atoms with Gasteiger partial charge in [0, 0.05) is 35.1 Å². The van der Waals surface area contributed by atoms with Crippen LogP contribution in [0.4, 0.5) is 0 Å². The van der Waals surface area contributed by atoms with Crippen LogP contribution in [0.25, 0.3) is 17.0 Å². The number of amides is 1. The Morgan fingerprint density at radius 1 is 1.08 bits per heavy atom. The van der Waals surface area contributed by atoms with Crippen LogP contribution in [0.1, 0.15) is 23.2 Å². The van der Waals surface area contributed by atoms with Crippen molar-refractivity contribution in [2.45, 2.75) is 25.3 Å². The maximum Gasteiger partial charge on any atom is 0.244 e. The molecule has 1 aliphatic carbocycles. The second kappa shape index (κ2) is 6.36. The summed E-state index contributed by atoms with van der Waals surface area (Å²) >= 11 is 0. The highest BCUT2D eigenvalue weighted by Crippen LogP contribution is 2.28. The summed E-state index contributed by atoms with van der Waals surface area (Å²) in [6.45, 7) is 0. The highest BCUT2D eigenvalue weighted by atomic mass is 16.1. The van der Waals surface area contributed by atoms with Crippen LogP contribution in [-0.2, 0) is 17.6 Å². The molecule has 1 aromatic heterocycles. The zero-order chi connectivity index (χ0) is 16.4. The minimum atomic E-state index is -0.0246. The van der Waals surface area contributed by atoms with E-state index in [-0.39, 0.29) is 11.9 Å². The minimum absolute atomic E-state index is 0.0246. The number of hydrogen-bond donors (Lipinski definition) is 2. The molecular formula is C21H20N2O. The van der Waals surface area contributed by atoms with Gasteiger partial charge in [-0.05, 0) is 36.1 Å². The van der Waals surface area contributed by atoms with Gasteiger partial charge in [-0.3, -0.25) is 4.79 Å². The number of H-pyrrole nitrogens is 1. The third-order valence-electron chi connectivity index (χ3n) is 4.67. The Labute approximate surface area is 141 Å². The van der Waals surface area contributed by atoms with Gasteiger partial charge in [0.05, 0.1) is 0 Å². The van der Waals surface area contributed by atoms with Gasteiger partial charge >= 0.3 is 0 Å². The van der Waals surface area contributed by atoms with E-state index in [0.29, 0.717) is 0 Å². The average Bonchev–Trinajstić information content (AvgIpc) is 2.98. The lowest BCUT2D eigenvalue weighted by atomic mass is 9.92. The lowest BCUT2D eigenvalue weighted by molar-refractivity contribution is -0.117. The summed E-state index contributed by atoms with van der Waals surface area (Å²) in [5.41, 5.74) is 4.91. The summed E-state index contributed by atoms with van der Waals surface area (Å²) in [4.78, 5) is 15.7. The van der Waals surface area contributed by atoms with Crippen molar-refractivity contribution in [3.63, 3.8) is 0 Å². The van der Waals surface area contributed by atoms with Gasteiger partial charge in [0.25, 0.3) is 0 Å². The van der Waals surface area contributed by atoms with Crippen molar-refractivity contribution in [3.05, 3.63) is 77.5 Å². The van der Waals surface area contributed by atoms with Crippen molar-refractivity contribution in [2.24, 2.45) is 0 Å². The quantitative estimate of drug-likeness (QED) is 0.708. The first-order valence-electron chi connectivity index (χ1n) is 8.42. The first-order chi connectivity index (χ1) is 11.8. The van der Waals surface area contributed by atoms with Crippen LogP contribution in [-0.4, -0.2) is 16.9 Å². The monoisotopic (exact) mass is 316 g/mol. The number of benzene rings is 2. The molecule has 3 nitrogen and oxygen atoms in total. The standard InChI is InChI=1S/C21H20N2O/c24-21(13-10-15-6-2-1-3-7-15)22-16-11-12-18-17-8-4-5-9-19(17)23-20(18)14-16/h1-10,13,16,23H,11-12,14H2,(H,22,24)/b13-10+. The van der Waals surface area contributed by atoms with Gasteiger partial charge in [0.2, 0.25) is 5.91 Å². The summed E-state index contributed by atoms with van der Waals surface area (Å²) in [7, 11) is 0. The molecule has 3 heteroatoms. The molecule has 1 amide bonds. The van der Waals surface area contributed by atoms with E-state index in [0.717, 1.165) is 24.8 Å². The average molecular weight is 316 g/mol. The molecule has 3 aromatic rings. The Bertz CT molecular complexity index is 893. The molecule has 1 heterocycles. The number of aromatic amines is 1. The molecule has 1 atom stereocenters. The third kappa shape index (κ3) is 2.98. The van der Waals surface area contributed by atoms with Crippen LogP contribution >= 0.6 is 0 Å². The first kappa shape index (κ1) is 14.8. The number of para-hydroxylation sites is 1. The van der Waals surface area contributed by atoms with E-state index in [2.05, 4.69) is 34.6 Å². The summed E-state index contributed by atoms with van der Waals surface area (Å²) in [6.07, 6.45) is 6.34. The van der Waals surface area contributed by atoms with Gasteiger partial charge in [-0.15, -0.1) is 0 Å². The molecule has 0 spiro atoms. The van der Waals surface area contributed by atoms with Crippen molar-refractivity contribution >= 4 is 22.9 Å². The molecule has 4 rings (SSSR count). The van der Waals surface area contributed by atoms with Gasteiger partial charge in [-0.25, -0.2) is 0 Å². The minimum Gasteiger partial charge on any atom is -0.358 e. The van der Waals surface area contributed by atoms with Crippen molar-refractivity contribution < 1.29 is 4.79 Å². The molecule has 0 aliphatic heterocycles. The number of hydrogen-bond acceptors (Lipinski definition) is 1. The van der Waals surface area contributed by atoms with Crippen LogP contribution in [0.5, 0.6) is 0 Å². The number of nitrogens with one attached hydrogen (secondary N) is 2. The predicted molar refractivity (Wildman–Crippen MR) is 97.7 cm³/mol. The molecule has 120 valence electrons. The summed E-state index contributed by atoms with van der Waals surface area (Å²) < 4.78 is 0. The molecule has 0 bridgehead atoms. The Morgan fingerprint density at radius 3 is 2.75 bits per heavy atom. The molecule has 24 heavy (non-hydrogen) atoms. The number of carbonyl (C=O) groups excluding carboxylic acids is 1. The maximum atomic E-state index is 12.2. The fraction of sp³-hybridized carbons (Fsp3) is 0.190. The van der Waals surface area contributed by atoms with E-state index in [1.807, 2.05) is 36.4 Å². The van der Waals surface area contributed by atoms with Crippen molar-refractivity contribution in [1.29, 1.82) is 0 Å². The summed E-state index contributed by atoms with van der Waals surface area (Å²) in [6, 6.07) is 18.5. The number of aryl methyl sites for hydroxylation is 1. The molecule has 0 fully saturated rings. The predicted octanol–water partition coefficient (Wildman–Crippen LogP) is 3.85. The molecule has 1 aliphatic rings. The van der Waals surface area contributed by atoms with Crippen molar-refractivity contribution in [1.82, 2.24) is 10.3 Å². The SMILES string of the molecule is O=C(/C=C/c1ccccc1)NC1CCc2c([nH]c3ccccc23)C1.